The molecule has 0 radical (unpaired) electrons. The first-order valence-electron chi connectivity index (χ1n) is 4.71. The Morgan fingerprint density at radius 1 is 1.59 bits per heavy atom. The minimum absolute atomic E-state index is 0.0456. The molecule has 1 aromatic rings. The molecule has 0 bridgehead atoms. The number of hydrogen-bond acceptors (Lipinski definition) is 5. The molecule has 0 atom stereocenters. The predicted octanol–water partition coefficient (Wildman–Crippen LogP) is 2.17. The van der Waals surface area contributed by atoms with E-state index in [1.807, 2.05) is 0 Å². The number of nitro groups is 1. The van der Waals surface area contributed by atoms with Gasteiger partial charge in [-0.3, -0.25) is 14.9 Å². The molecule has 0 heterocycles. The second-order valence-corrected chi connectivity index (χ2v) is 4.25. The van der Waals surface area contributed by atoms with Crippen LogP contribution in [0.1, 0.15) is 6.42 Å². The van der Waals surface area contributed by atoms with E-state index in [0.717, 1.165) is 4.90 Å². The predicted molar refractivity (Wildman–Crippen MR) is 62.6 cm³/mol. The molecule has 92 valence electrons. The van der Waals surface area contributed by atoms with Crippen molar-refractivity contribution in [1.29, 1.82) is 0 Å². The lowest BCUT2D eigenvalue weighted by atomic mass is 10.3. The number of hydrogen-bond donors (Lipinski definition) is 1. The fourth-order valence-electron chi connectivity index (χ4n) is 1.15. The number of aliphatic carboxylic acids is 1. The zero-order valence-corrected chi connectivity index (χ0v) is 9.90. The molecule has 17 heavy (non-hydrogen) atoms. The molecule has 0 fully saturated rings. The third-order valence-corrected chi connectivity index (χ3v) is 2.93. The highest BCUT2D eigenvalue weighted by Crippen LogP contribution is 2.31. The molecule has 0 unspecified atom stereocenters. The average Bonchev–Trinajstić information content (AvgIpc) is 2.28. The smallest absolute Gasteiger partial charge is 0.310 e. The van der Waals surface area contributed by atoms with Gasteiger partial charge in [-0.2, -0.15) is 0 Å². The molecule has 0 aliphatic heterocycles. The van der Waals surface area contributed by atoms with Crippen LogP contribution in [0.5, 0.6) is 5.75 Å². The van der Waals surface area contributed by atoms with Gasteiger partial charge in [-0.15, -0.1) is 11.8 Å². The first kappa shape index (κ1) is 13.3. The van der Waals surface area contributed by atoms with Crippen molar-refractivity contribution < 1.29 is 19.6 Å². The Balaban J connectivity index is 2.75. The van der Waals surface area contributed by atoms with Crippen LogP contribution in [-0.4, -0.2) is 28.9 Å². The lowest BCUT2D eigenvalue weighted by Gasteiger charge is -2.04. The van der Waals surface area contributed by atoms with Gasteiger partial charge in [-0.1, -0.05) is 0 Å². The van der Waals surface area contributed by atoms with Crippen LogP contribution in [-0.2, 0) is 4.79 Å². The number of rotatable bonds is 6. The molecule has 1 aromatic carbocycles. The van der Waals surface area contributed by atoms with E-state index in [-0.39, 0.29) is 17.9 Å². The number of nitrogens with zero attached hydrogens (tertiary/aromatic N) is 1. The Labute approximate surface area is 102 Å². The van der Waals surface area contributed by atoms with Gasteiger partial charge in [0.15, 0.2) is 5.75 Å². The van der Waals surface area contributed by atoms with E-state index >= 15 is 0 Å². The van der Waals surface area contributed by atoms with Gasteiger partial charge in [-0.25, -0.2) is 0 Å². The number of carboxylic acids is 1. The van der Waals surface area contributed by atoms with Crippen molar-refractivity contribution in [2.24, 2.45) is 0 Å². The molecule has 7 heteroatoms. The molecule has 1 rings (SSSR count). The van der Waals surface area contributed by atoms with Gasteiger partial charge >= 0.3 is 11.7 Å². The van der Waals surface area contributed by atoms with E-state index < -0.39 is 10.9 Å². The maximum absolute atomic E-state index is 10.6. The Morgan fingerprint density at radius 2 is 2.29 bits per heavy atom. The quantitative estimate of drug-likeness (QED) is 0.477. The van der Waals surface area contributed by atoms with E-state index in [4.69, 9.17) is 9.84 Å². The average molecular weight is 257 g/mol. The van der Waals surface area contributed by atoms with Gasteiger partial charge in [0.05, 0.1) is 18.5 Å². The molecule has 0 aliphatic carbocycles. The van der Waals surface area contributed by atoms with E-state index in [2.05, 4.69) is 0 Å². The zero-order chi connectivity index (χ0) is 12.8. The molecule has 0 spiro atoms. The van der Waals surface area contributed by atoms with Gasteiger partial charge in [0.25, 0.3) is 0 Å². The highest BCUT2D eigenvalue weighted by molar-refractivity contribution is 7.99. The monoisotopic (exact) mass is 257 g/mol. The van der Waals surface area contributed by atoms with E-state index in [1.54, 1.807) is 6.07 Å². The maximum atomic E-state index is 10.6. The third-order valence-electron chi connectivity index (χ3n) is 1.93. The maximum Gasteiger partial charge on any atom is 0.310 e. The van der Waals surface area contributed by atoms with Crippen LogP contribution in [0.4, 0.5) is 5.69 Å². The normalized spacial score (nSPS) is 9.94. The Kier molecular flexibility index (Phi) is 4.77. The summed E-state index contributed by atoms with van der Waals surface area (Å²) in [5.74, 6) is -0.280. The van der Waals surface area contributed by atoms with E-state index in [1.165, 1.54) is 31.0 Å². The second-order valence-electron chi connectivity index (χ2n) is 3.08. The fraction of sp³-hybridized carbons (Fsp3) is 0.300. The lowest BCUT2D eigenvalue weighted by molar-refractivity contribution is -0.385. The fourth-order valence-corrected chi connectivity index (χ4v) is 2.02. The Bertz CT molecular complexity index is 435. The van der Waals surface area contributed by atoms with E-state index in [0.29, 0.717) is 5.75 Å². The second kappa shape index (κ2) is 6.09. The summed E-state index contributed by atoms with van der Waals surface area (Å²) in [6, 6.07) is 4.46. The summed E-state index contributed by atoms with van der Waals surface area (Å²) < 4.78 is 4.90. The van der Waals surface area contributed by atoms with Crippen LogP contribution in [0, 0.1) is 10.1 Å². The van der Waals surface area contributed by atoms with Crippen molar-refractivity contribution in [3.05, 3.63) is 28.3 Å². The highest BCUT2D eigenvalue weighted by Gasteiger charge is 2.14. The van der Waals surface area contributed by atoms with Crippen LogP contribution in [0.25, 0.3) is 0 Å². The molecule has 6 nitrogen and oxygen atoms in total. The van der Waals surface area contributed by atoms with Gasteiger partial charge in [-0.05, 0) is 6.07 Å². The zero-order valence-electron chi connectivity index (χ0n) is 9.08. The highest BCUT2D eigenvalue weighted by atomic mass is 32.2. The number of ether oxygens (including phenoxy) is 1. The van der Waals surface area contributed by atoms with Gasteiger partial charge in [0.2, 0.25) is 0 Å². The summed E-state index contributed by atoms with van der Waals surface area (Å²) in [7, 11) is 1.36. The first-order chi connectivity index (χ1) is 8.04. The largest absolute Gasteiger partial charge is 0.490 e. The Hall–Kier alpha value is -1.76. The van der Waals surface area contributed by atoms with Crippen LogP contribution in [0.2, 0.25) is 0 Å². The topological polar surface area (TPSA) is 89.7 Å². The number of carboxylic acid groups (broad SMARTS) is 1. The summed E-state index contributed by atoms with van der Waals surface area (Å²) in [4.78, 5) is 21.2. The number of thioether (sulfide) groups is 1. The number of methoxy groups -OCH3 is 1. The van der Waals surface area contributed by atoms with Crippen LogP contribution >= 0.6 is 11.8 Å². The third kappa shape index (κ3) is 3.95. The lowest BCUT2D eigenvalue weighted by Crippen LogP contribution is -1.96. The molecule has 0 saturated heterocycles. The number of benzene rings is 1. The summed E-state index contributed by atoms with van der Waals surface area (Å²) in [5, 5.41) is 19.1. The molecule has 0 aromatic heterocycles. The van der Waals surface area contributed by atoms with Gasteiger partial charge in [0, 0.05) is 22.8 Å². The molecule has 1 N–H and O–H groups in total. The number of nitro benzene ring substituents is 1. The van der Waals surface area contributed by atoms with Crippen molar-refractivity contribution in [2.45, 2.75) is 11.3 Å². The molecule has 0 saturated carbocycles. The minimum Gasteiger partial charge on any atom is -0.490 e. The van der Waals surface area contributed by atoms with E-state index in [9.17, 15) is 14.9 Å². The minimum atomic E-state index is -0.869. The summed E-state index contributed by atoms with van der Waals surface area (Å²) >= 11 is 1.32. The van der Waals surface area contributed by atoms with Gasteiger partial charge < -0.3 is 9.84 Å². The van der Waals surface area contributed by atoms with Crippen LogP contribution < -0.4 is 4.74 Å². The SMILES string of the molecule is COc1cc(SCCC(=O)O)ccc1[N+](=O)[O-]. The van der Waals surface area contributed by atoms with Crippen LogP contribution in [0.15, 0.2) is 23.1 Å². The van der Waals surface area contributed by atoms with Crippen LogP contribution in [0.3, 0.4) is 0 Å². The summed E-state index contributed by atoms with van der Waals surface area (Å²) in [6.45, 7) is 0. The van der Waals surface area contributed by atoms with Crippen molar-refractivity contribution in [2.75, 3.05) is 12.9 Å². The van der Waals surface area contributed by atoms with Gasteiger partial charge in [0.1, 0.15) is 0 Å². The summed E-state index contributed by atoms with van der Waals surface area (Å²) in [5.41, 5.74) is -0.102. The van der Waals surface area contributed by atoms with Crippen molar-refractivity contribution in [1.82, 2.24) is 0 Å². The Morgan fingerprint density at radius 3 is 2.82 bits per heavy atom. The molecular formula is C10H11NO5S. The molecule has 0 amide bonds. The number of carbonyl (C=O) groups is 1. The van der Waals surface area contributed by atoms with Crippen molar-refractivity contribution >= 4 is 23.4 Å². The first-order valence-corrected chi connectivity index (χ1v) is 5.70. The molecular weight excluding hydrogens is 246 g/mol. The molecule has 0 aliphatic rings. The van der Waals surface area contributed by atoms with Crippen molar-refractivity contribution in [3.8, 4) is 5.75 Å². The summed E-state index contributed by atoms with van der Waals surface area (Å²) in [6.07, 6.45) is 0.0456. The van der Waals surface area contributed by atoms with Crippen molar-refractivity contribution in [3.63, 3.8) is 0 Å². The standard InChI is InChI=1S/C10H11NO5S/c1-16-9-6-7(17-5-4-10(12)13)2-3-8(9)11(14)15/h2-3,6H,4-5H2,1H3,(H,12,13).